The average Bonchev–Trinajstić information content (AvgIpc) is 2.26. The van der Waals surface area contributed by atoms with Crippen molar-refractivity contribution in [1.82, 2.24) is 4.98 Å². The van der Waals surface area contributed by atoms with Gasteiger partial charge in [-0.15, -0.1) is 11.8 Å². The molecule has 0 aliphatic heterocycles. The van der Waals surface area contributed by atoms with E-state index in [9.17, 15) is 0 Å². The molecule has 4 heteroatoms. The lowest BCUT2D eigenvalue weighted by molar-refractivity contribution is 0.200. The van der Waals surface area contributed by atoms with Gasteiger partial charge >= 0.3 is 0 Å². The summed E-state index contributed by atoms with van der Waals surface area (Å²) in [6, 6.07) is 4.26. The van der Waals surface area contributed by atoms with Gasteiger partial charge in [0, 0.05) is 31.7 Å². The molecule has 0 aliphatic carbocycles. The monoisotopic (exact) mass is 240 g/mol. The van der Waals surface area contributed by atoms with Gasteiger partial charge in [0.1, 0.15) is 0 Å². The van der Waals surface area contributed by atoms with Crippen LogP contribution in [0.4, 0.5) is 0 Å². The Hall–Kier alpha value is -0.580. The van der Waals surface area contributed by atoms with Crippen LogP contribution in [0.1, 0.15) is 18.9 Å². The van der Waals surface area contributed by atoms with Crippen LogP contribution in [-0.4, -0.2) is 30.5 Å². The van der Waals surface area contributed by atoms with E-state index in [0.717, 1.165) is 30.2 Å². The number of methoxy groups -OCH3 is 1. The summed E-state index contributed by atoms with van der Waals surface area (Å²) in [6.45, 7) is 2.83. The first kappa shape index (κ1) is 13.5. The molecule has 0 spiro atoms. The SMILES string of the molecule is COCCCSc1ncccc1CC(C)N. The third-order valence-corrected chi connectivity index (χ3v) is 3.26. The highest BCUT2D eigenvalue weighted by molar-refractivity contribution is 7.99. The van der Waals surface area contributed by atoms with Crippen molar-refractivity contribution in [3.63, 3.8) is 0 Å². The van der Waals surface area contributed by atoms with Crippen LogP contribution in [0.3, 0.4) is 0 Å². The third-order valence-electron chi connectivity index (χ3n) is 2.12. The molecule has 1 aromatic rings. The van der Waals surface area contributed by atoms with Crippen LogP contribution < -0.4 is 5.73 Å². The molecule has 0 bridgehead atoms. The van der Waals surface area contributed by atoms with Crippen molar-refractivity contribution in [3.05, 3.63) is 23.9 Å². The predicted octanol–water partition coefficient (Wildman–Crippen LogP) is 2.10. The Balaban J connectivity index is 2.50. The van der Waals surface area contributed by atoms with Gasteiger partial charge in [0.2, 0.25) is 0 Å². The number of ether oxygens (including phenoxy) is 1. The Kier molecular flexibility index (Phi) is 6.45. The highest BCUT2D eigenvalue weighted by Gasteiger charge is 2.05. The molecule has 1 unspecified atom stereocenters. The fraction of sp³-hybridized carbons (Fsp3) is 0.583. The molecule has 0 aromatic carbocycles. The number of nitrogens with two attached hydrogens (primary N) is 1. The standard InChI is InChI=1S/C12H20N2OS/c1-10(13)9-11-5-3-6-14-12(11)16-8-4-7-15-2/h3,5-6,10H,4,7-9,13H2,1-2H3. The van der Waals surface area contributed by atoms with Crippen LogP contribution in [0.15, 0.2) is 23.4 Å². The summed E-state index contributed by atoms with van der Waals surface area (Å²) in [5, 5.41) is 1.11. The fourth-order valence-corrected chi connectivity index (χ4v) is 2.36. The van der Waals surface area contributed by atoms with E-state index in [1.165, 1.54) is 5.56 Å². The predicted molar refractivity (Wildman–Crippen MR) is 68.8 cm³/mol. The van der Waals surface area contributed by atoms with Crippen molar-refractivity contribution in [2.75, 3.05) is 19.5 Å². The van der Waals surface area contributed by atoms with Crippen molar-refractivity contribution in [2.45, 2.75) is 30.8 Å². The number of thioether (sulfide) groups is 1. The summed E-state index contributed by atoms with van der Waals surface area (Å²) in [5.41, 5.74) is 7.06. The van der Waals surface area contributed by atoms with Crippen molar-refractivity contribution < 1.29 is 4.74 Å². The second kappa shape index (κ2) is 7.65. The summed E-state index contributed by atoms with van der Waals surface area (Å²) >= 11 is 1.78. The lowest BCUT2D eigenvalue weighted by Crippen LogP contribution is -2.18. The Morgan fingerprint density at radius 1 is 1.56 bits per heavy atom. The van der Waals surface area contributed by atoms with Crippen molar-refractivity contribution in [2.24, 2.45) is 5.73 Å². The van der Waals surface area contributed by atoms with Gasteiger partial charge in [-0.1, -0.05) is 6.07 Å². The second-order valence-corrected chi connectivity index (χ2v) is 4.93. The molecule has 16 heavy (non-hydrogen) atoms. The first-order chi connectivity index (χ1) is 7.74. The van der Waals surface area contributed by atoms with Gasteiger partial charge in [-0.05, 0) is 31.4 Å². The van der Waals surface area contributed by atoms with Gasteiger partial charge in [0.25, 0.3) is 0 Å². The molecule has 90 valence electrons. The van der Waals surface area contributed by atoms with Crippen LogP contribution in [0, 0.1) is 0 Å². The van der Waals surface area contributed by atoms with Crippen LogP contribution in [0.25, 0.3) is 0 Å². The molecule has 0 amide bonds. The molecular weight excluding hydrogens is 220 g/mol. The topological polar surface area (TPSA) is 48.1 Å². The van der Waals surface area contributed by atoms with Crippen LogP contribution in [0.5, 0.6) is 0 Å². The van der Waals surface area contributed by atoms with Crippen LogP contribution >= 0.6 is 11.8 Å². The van der Waals surface area contributed by atoms with E-state index in [0.29, 0.717) is 0 Å². The normalized spacial score (nSPS) is 12.7. The maximum Gasteiger partial charge on any atom is 0.0992 e. The number of nitrogens with zero attached hydrogens (tertiary/aromatic N) is 1. The molecule has 1 rings (SSSR count). The fourth-order valence-electron chi connectivity index (χ4n) is 1.43. The second-order valence-electron chi connectivity index (χ2n) is 3.84. The summed E-state index contributed by atoms with van der Waals surface area (Å²) in [5.74, 6) is 1.04. The molecule has 1 atom stereocenters. The van der Waals surface area contributed by atoms with E-state index in [1.807, 2.05) is 19.2 Å². The van der Waals surface area contributed by atoms with Gasteiger partial charge in [0.15, 0.2) is 0 Å². The minimum atomic E-state index is 0.183. The van der Waals surface area contributed by atoms with Crippen LogP contribution in [-0.2, 0) is 11.2 Å². The van der Waals surface area contributed by atoms with Gasteiger partial charge < -0.3 is 10.5 Å². The molecule has 1 heterocycles. The van der Waals surface area contributed by atoms with E-state index in [2.05, 4.69) is 11.1 Å². The summed E-state index contributed by atoms with van der Waals surface area (Å²) in [6.07, 6.45) is 3.78. The van der Waals surface area contributed by atoms with Crippen molar-refractivity contribution in [1.29, 1.82) is 0 Å². The molecule has 0 aliphatic rings. The molecule has 2 N–H and O–H groups in total. The minimum Gasteiger partial charge on any atom is -0.385 e. The molecule has 0 fully saturated rings. The number of pyridine rings is 1. The van der Waals surface area contributed by atoms with Gasteiger partial charge in [0.05, 0.1) is 5.03 Å². The zero-order valence-electron chi connectivity index (χ0n) is 9.98. The van der Waals surface area contributed by atoms with Gasteiger partial charge in [-0.25, -0.2) is 4.98 Å². The van der Waals surface area contributed by atoms with Crippen LogP contribution in [0.2, 0.25) is 0 Å². The molecule has 0 saturated heterocycles. The van der Waals surface area contributed by atoms with Gasteiger partial charge in [-0.2, -0.15) is 0 Å². The largest absolute Gasteiger partial charge is 0.385 e. The Labute approximate surface area is 102 Å². The van der Waals surface area contributed by atoms with E-state index in [-0.39, 0.29) is 6.04 Å². The number of hydrogen-bond donors (Lipinski definition) is 1. The van der Waals surface area contributed by atoms with E-state index in [1.54, 1.807) is 18.9 Å². The molecular formula is C12H20N2OS. The molecule has 0 radical (unpaired) electrons. The first-order valence-corrected chi connectivity index (χ1v) is 6.53. The van der Waals surface area contributed by atoms with E-state index in [4.69, 9.17) is 10.5 Å². The molecule has 3 nitrogen and oxygen atoms in total. The number of aromatic nitrogens is 1. The lowest BCUT2D eigenvalue weighted by Gasteiger charge is -2.09. The zero-order valence-corrected chi connectivity index (χ0v) is 10.8. The van der Waals surface area contributed by atoms with E-state index < -0.39 is 0 Å². The highest BCUT2D eigenvalue weighted by Crippen LogP contribution is 2.21. The zero-order chi connectivity index (χ0) is 11.8. The highest BCUT2D eigenvalue weighted by atomic mass is 32.2. The first-order valence-electron chi connectivity index (χ1n) is 5.55. The van der Waals surface area contributed by atoms with E-state index >= 15 is 0 Å². The average molecular weight is 240 g/mol. The molecule has 1 aromatic heterocycles. The Morgan fingerprint density at radius 2 is 2.38 bits per heavy atom. The minimum absolute atomic E-state index is 0.183. The summed E-state index contributed by atoms with van der Waals surface area (Å²) < 4.78 is 5.02. The summed E-state index contributed by atoms with van der Waals surface area (Å²) in [4.78, 5) is 4.40. The summed E-state index contributed by atoms with van der Waals surface area (Å²) in [7, 11) is 1.73. The quantitative estimate of drug-likeness (QED) is 0.586. The smallest absolute Gasteiger partial charge is 0.0992 e. The van der Waals surface area contributed by atoms with Crippen molar-refractivity contribution >= 4 is 11.8 Å². The maximum atomic E-state index is 5.81. The number of rotatable bonds is 7. The maximum absolute atomic E-state index is 5.81. The van der Waals surface area contributed by atoms with Crippen molar-refractivity contribution in [3.8, 4) is 0 Å². The lowest BCUT2D eigenvalue weighted by atomic mass is 10.1. The number of hydrogen-bond acceptors (Lipinski definition) is 4. The Bertz CT molecular complexity index is 305. The Morgan fingerprint density at radius 3 is 3.06 bits per heavy atom. The van der Waals surface area contributed by atoms with Gasteiger partial charge in [-0.3, -0.25) is 0 Å². The third kappa shape index (κ3) is 4.96. The molecule has 0 saturated carbocycles.